The molecule has 132 valence electrons. The van der Waals surface area contributed by atoms with Gasteiger partial charge in [0.2, 0.25) is 0 Å². The number of esters is 1. The first kappa shape index (κ1) is 18.7. The fourth-order valence-electron chi connectivity index (χ4n) is 1.91. The van der Waals surface area contributed by atoms with E-state index in [0.29, 0.717) is 11.4 Å². The van der Waals surface area contributed by atoms with E-state index in [1.165, 1.54) is 13.1 Å². The summed E-state index contributed by atoms with van der Waals surface area (Å²) in [7, 11) is 0. The zero-order chi connectivity index (χ0) is 18.2. The van der Waals surface area contributed by atoms with E-state index in [2.05, 4.69) is 10.3 Å². The minimum absolute atomic E-state index is 0.0408. The number of rotatable bonds is 7. The Balaban J connectivity index is 1.74. The van der Waals surface area contributed by atoms with E-state index >= 15 is 0 Å². The van der Waals surface area contributed by atoms with Crippen LogP contribution in [0.2, 0.25) is 5.15 Å². The van der Waals surface area contributed by atoms with Gasteiger partial charge >= 0.3 is 5.97 Å². The number of ether oxygens (including phenoxy) is 2. The first-order chi connectivity index (χ1) is 12.0. The van der Waals surface area contributed by atoms with E-state index in [-0.39, 0.29) is 18.2 Å². The number of hydrogen-bond acceptors (Lipinski definition) is 5. The van der Waals surface area contributed by atoms with Crippen molar-refractivity contribution >= 4 is 29.2 Å². The van der Waals surface area contributed by atoms with Crippen LogP contribution in [0.4, 0.5) is 5.69 Å². The second kappa shape index (κ2) is 9.03. The van der Waals surface area contributed by atoms with Crippen LogP contribution in [0.1, 0.15) is 18.9 Å². The van der Waals surface area contributed by atoms with Crippen LogP contribution in [0, 0.1) is 6.92 Å². The fraction of sp³-hybridized carbons (Fsp3) is 0.278. The number of hydrogen-bond donors (Lipinski definition) is 1. The van der Waals surface area contributed by atoms with Gasteiger partial charge in [-0.25, -0.2) is 4.98 Å². The topological polar surface area (TPSA) is 77.5 Å². The van der Waals surface area contributed by atoms with Gasteiger partial charge in [-0.3, -0.25) is 9.59 Å². The lowest BCUT2D eigenvalue weighted by Gasteiger charge is -2.14. The monoisotopic (exact) mass is 362 g/mol. The third-order valence-electron chi connectivity index (χ3n) is 3.29. The number of nitrogens with one attached hydrogen (secondary N) is 1. The van der Waals surface area contributed by atoms with E-state index < -0.39 is 18.0 Å². The number of carbonyl (C=O) groups excluding carboxylic acids is 2. The van der Waals surface area contributed by atoms with E-state index in [0.717, 1.165) is 5.56 Å². The summed E-state index contributed by atoms with van der Waals surface area (Å²) in [6, 6.07) is 10.7. The Morgan fingerprint density at radius 2 is 1.96 bits per heavy atom. The molecule has 0 radical (unpaired) electrons. The molecule has 6 nitrogen and oxygen atoms in total. The molecule has 25 heavy (non-hydrogen) atoms. The molecule has 7 heteroatoms. The highest BCUT2D eigenvalue weighted by Gasteiger charge is 2.18. The largest absolute Gasteiger partial charge is 0.493 e. The van der Waals surface area contributed by atoms with Crippen LogP contribution >= 0.6 is 11.6 Å². The lowest BCUT2D eigenvalue weighted by Crippen LogP contribution is -2.30. The summed E-state index contributed by atoms with van der Waals surface area (Å²) in [6.45, 7) is 3.63. The van der Waals surface area contributed by atoms with Gasteiger partial charge in [-0.2, -0.15) is 0 Å². The van der Waals surface area contributed by atoms with Crippen molar-refractivity contribution in [3.05, 3.63) is 53.3 Å². The Hall–Kier alpha value is -2.60. The molecule has 1 aromatic heterocycles. The summed E-state index contributed by atoms with van der Waals surface area (Å²) in [4.78, 5) is 27.7. The smallest absolute Gasteiger partial charge is 0.310 e. The highest BCUT2D eigenvalue weighted by molar-refractivity contribution is 6.32. The van der Waals surface area contributed by atoms with Gasteiger partial charge in [0, 0.05) is 6.20 Å². The number of nitrogens with zero attached hydrogens (tertiary/aromatic N) is 1. The number of amides is 1. The van der Waals surface area contributed by atoms with Crippen molar-refractivity contribution in [3.63, 3.8) is 0 Å². The van der Waals surface area contributed by atoms with Crippen molar-refractivity contribution in [1.82, 2.24) is 4.98 Å². The fourth-order valence-corrected chi connectivity index (χ4v) is 2.08. The summed E-state index contributed by atoms with van der Waals surface area (Å²) < 4.78 is 10.5. The second-order valence-electron chi connectivity index (χ2n) is 5.37. The van der Waals surface area contributed by atoms with Crippen molar-refractivity contribution < 1.29 is 19.1 Å². The molecule has 0 fully saturated rings. The quantitative estimate of drug-likeness (QED) is 0.603. The van der Waals surface area contributed by atoms with Crippen molar-refractivity contribution in [2.45, 2.75) is 26.4 Å². The second-order valence-corrected chi connectivity index (χ2v) is 5.73. The molecule has 1 heterocycles. The lowest BCUT2D eigenvalue weighted by atomic mass is 10.2. The Kier molecular flexibility index (Phi) is 6.77. The zero-order valence-corrected chi connectivity index (χ0v) is 14.7. The molecular formula is C18H19ClN2O4. The summed E-state index contributed by atoms with van der Waals surface area (Å²) >= 11 is 5.87. The number of aromatic nitrogens is 1. The molecule has 1 N–H and O–H groups in total. The van der Waals surface area contributed by atoms with Gasteiger partial charge in [0.25, 0.3) is 5.91 Å². The number of benzene rings is 1. The Morgan fingerprint density at radius 1 is 1.24 bits per heavy atom. The highest BCUT2D eigenvalue weighted by Crippen LogP contribution is 2.18. The van der Waals surface area contributed by atoms with Crippen LogP contribution in [0.15, 0.2) is 42.6 Å². The first-order valence-electron chi connectivity index (χ1n) is 7.76. The third-order valence-corrected chi connectivity index (χ3v) is 3.59. The summed E-state index contributed by atoms with van der Waals surface area (Å²) in [5.74, 6) is -0.329. The molecule has 1 atom stereocenters. The lowest BCUT2D eigenvalue weighted by molar-refractivity contribution is -0.153. The average molecular weight is 363 g/mol. The minimum Gasteiger partial charge on any atom is -0.493 e. The normalized spacial score (nSPS) is 11.5. The Labute approximate surface area is 151 Å². The standard InChI is InChI=1S/C18H19ClN2O4/c1-12-5-7-14(8-6-12)24-11-9-16(22)25-13(2)18(23)21-15-4-3-10-20-17(15)19/h3-8,10,13H,9,11H2,1-2H3,(H,21,23)/t13-/m0/s1. The maximum Gasteiger partial charge on any atom is 0.310 e. The maximum absolute atomic E-state index is 12.0. The Bertz CT molecular complexity index is 734. The summed E-state index contributed by atoms with van der Waals surface area (Å²) in [5.41, 5.74) is 1.49. The van der Waals surface area contributed by atoms with E-state index in [4.69, 9.17) is 21.1 Å². The molecule has 0 aliphatic rings. The molecule has 0 saturated heterocycles. The van der Waals surface area contributed by atoms with E-state index in [1.54, 1.807) is 12.1 Å². The van der Waals surface area contributed by atoms with Crippen molar-refractivity contribution in [1.29, 1.82) is 0 Å². The number of halogens is 1. The number of anilines is 1. The van der Waals surface area contributed by atoms with Crippen LogP contribution in [-0.4, -0.2) is 29.6 Å². The molecule has 0 bridgehead atoms. The molecule has 0 saturated carbocycles. The number of carbonyl (C=O) groups is 2. The number of pyridine rings is 1. The Morgan fingerprint density at radius 3 is 2.64 bits per heavy atom. The maximum atomic E-state index is 12.0. The van der Waals surface area contributed by atoms with Gasteiger partial charge in [-0.1, -0.05) is 29.3 Å². The number of aryl methyl sites for hydroxylation is 1. The summed E-state index contributed by atoms with van der Waals surface area (Å²) in [5, 5.41) is 2.73. The zero-order valence-electron chi connectivity index (χ0n) is 14.0. The van der Waals surface area contributed by atoms with Crippen LogP contribution in [0.25, 0.3) is 0 Å². The van der Waals surface area contributed by atoms with Gasteiger partial charge in [-0.15, -0.1) is 0 Å². The third kappa shape index (κ3) is 6.08. The molecule has 0 unspecified atom stereocenters. The van der Waals surface area contributed by atoms with E-state index in [9.17, 15) is 9.59 Å². The minimum atomic E-state index is -0.955. The molecule has 2 aromatic rings. The van der Waals surface area contributed by atoms with Crippen LogP contribution in [0.3, 0.4) is 0 Å². The van der Waals surface area contributed by atoms with Crippen LogP contribution in [-0.2, 0) is 14.3 Å². The van der Waals surface area contributed by atoms with Gasteiger partial charge < -0.3 is 14.8 Å². The van der Waals surface area contributed by atoms with Gasteiger partial charge in [0.1, 0.15) is 5.75 Å². The molecular weight excluding hydrogens is 344 g/mol. The van der Waals surface area contributed by atoms with Crippen LogP contribution in [0.5, 0.6) is 5.75 Å². The summed E-state index contributed by atoms with van der Waals surface area (Å²) in [6.07, 6.45) is 0.595. The van der Waals surface area contributed by atoms with E-state index in [1.807, 2.05) is 31.2 Å². The molecule has 0 aliphatic heterocycles. The molecule has 2 rings (SSSR count). The molecule has 1 amide bonds. The highest BCUT2D eigenvalue weighted by atomic mass is 35.5. The predicted octanol–water partition coefficient (Wildman–Crippen LogP) is 3.38. The predicted molar refractivity (Wildman–Crippen MR) is 94.7 cm³/mol. The van der Waals surface area contributed by atoms with Gasteiger partial charge in [0.05, 0.1) is 18.7 Å². The average Bonchev–Trinajstić information content (AvgIpc) is 2.58. The van der Waals surface area contributed by atoms with Gasteiger partial charge in [0.15, 0.2) is 11.3 Å². The van der Waals surface area contributed by atoms with Crippen LogP contribution < -0.4 is 10.1 Å². The first-order valence-corrected chi connectivity index (χ1v) is 8.14. The van der Waals surface area contributed by atoms with Crippen molar-refractivity contribution in [3.8, 4) is 5.75 Å². The van der Waals surface area contributed by atoms with Crippen molar-refractivity contribution in [2.24, 2.45) is 0 Å². The SMILES string of the molecule is Cc1ccc(OCCC(=O)O[C@@H](C)C(=O)Nc2cccnc2Cl)cc1. The van der Waals surface area contributed by atoms with Gasteiger partial charge in [-0.05, 0) is 38.1 Å². The molecule has 0 spiro atoms. The van der Waals surface area contributed by atoms with Crippen molar-refractivity contribution in [2.75, 3.05) is 11.9 Å². The molecule has 1 aromatic carbocycles. The molecule has 0 aliphatic carbocycles.